The molecule has 9 heteroatoms. The minimum atomic E-state index is -1.63. The molecule has 4 rings (SSSR count). The molecule has 0 aromatic carbocycles. The van der Waals surface area contributed by atoms with Crippen LogP contribution in [0.15, 0.2) is 23.8 Å². The number of hydrogen-bond donors (Lipinski definition) is 1. The highest BCUT2D eigenvalue weighted by atomic mass is 16.7. The van der Waals surface area contributed by atoms with E-state index >= 15 is 0 Å². The third kappa shape index (κ3) is 5.21. The van der Waals surface area contributed by atoms with Crippen LogP contribution in [-0.4, -0.2) is 60.5 Å². The molecule has 3 fully saturated rings. The minimum absolute atomic E-state index is 0.0340. The van der Waals surface area contributed by atoms with Gasteiger partial charge in [-0.2, -0.15) is 0 Å². The molecule has 0 aromatic rings. The average molecular weight is 561 g/mol. The van der Waals surface area contributed by atoms with E-state index in [4.69, 9.17) is 18.9 Å². The van der Waals surface area contributed by atoms with Gasteiger partial charge in [-0.3, -0.25) is 9.59 Å². The maximum Gasteiger partial charge on any atom is 0.509 e. The van der Waals surface area contributed by atoms with Gasteiger partial charge in [-0.05, 0) is 75.4 Å². The lowest BCUT2D eigenvalue weighted by atomic mass is 9.46. The van der Waals surface area contributed by atoms with Gasteiger partial charge in [-0.1, -0.05) is 45.8 Å². The molecule has 3 saturated carbocycles. The van der Waals surface area contributed by atoms with Gasteiger partial charge in [0, 0.05) is 16.7 Å². The lowest BCUT2D eigenvalue weighted by Crippen LogP contribution is -2.63. The van der Waals surface area contributed by atoms with Crippen LogP contribution in [0.5, 0.6) is 0 Å². The minimum Gasteiger partial charge on any atom is -0.435 e. The standard InChI is InChI=1S/C31H44O9/c1-6-8-19(3)17-38-28(36)40-31(25(34)18-39-27(35)37-7-2)14-12-23-22-10-9-20-15-21(32)11-13-29(20,4)26(22)24(33)16-30(23,31)5/h11,13,15,19,22-24,26,33H,6-10,12,14,16-18H2,1-5H3/t19?,22-,23-,24?,26+,29-,30-,31-/m0/s1. The predicted molar refractivity (Wildman–Crippen MR) is 145 cm³/mol. The Balaban J connectivity index is 1.64. The van der Waals surface area contributed by atoms with Crippen molar-refractivity contribution in [3.63, 3.8) is 0 Å². The van der Waals surface area contributed by atoms with Gasteiger partial charge < -0.3 is 24.1 Å². The zero-order valence-corrected chi connectivity index (χ0v) is 24.4. The molecule has 0 heterocycles. The zero-order valence-electron chi connectivity index (χ0n) is 24.4. The number of Topliss-reactive ketones (excluding diaryl/α,β-unsaturated/α-hetero) is 1. The van der Waals surface area contributed by atoms with E-state index in [1.165, 1.54) is 0 Å². The molecule has 0 aliphatic heterocycles. The van der Waals surface area contributed by atoms with Crippen LogP contribution >= 0.6 is 0 Å². The smallest absolute Gasteiger partial charge is 0.435 e. The molecule has 4 aliphatic rings. The van der Waals surface area contributed by atoms with Crippen molar-refractivity contribution in [3.05, 3.63) is 23.8 Å². The summed E-state index contributed by atoms with van der Waals surface area (Å²) in [5.41, 5.74) is -1.97. The van der Waals surface area contributed by atoms with Crippen molar-refractivity contribution in [2.75, 3.05) is 19.8 Å². The Morgan fingerprint density at radius 3 is 2.55 bits per heavy atom. The van der Waals surface area contributed by atoms with Crippen LogP contribution in [0.1, 0.15) is 79.6 Å². The van der Waals surface area contributed by atoms with Gasteiger partial charge in [0.1, 0.15) is 0 Å². The van der Waals surface area contributed by atoms with Gasteiger partial charge in [0.25, 0.3) is 0 Å². The third-order valence-corrected chi connectivity index (χ3v) is 10.2. The first-order valence-electron chi connectivity index (χ1n) is 14.7. The highest BCUT2D eigenvalue weighted by Gasteiger charge is 2.70. The number of ketones is 2. The number of rotatable bonds is 9. The van der Waals surface area contributed by atoms with E-state index in [9.17, 15) is 24.3 Å². The number of allylic oxidation sites excluding steroid dienone is 4. The first-order chi connectivity index (χ1) is 18.9. The molecule has 0 radical (unpaired) electrons. The van der Waals surface area contributed by atoms with E-state index in [0.717, 1.165) is 31.3 Å². The van der Waals surface area contributed by atoms with Crippen LogP contribution in [0, 0.1) is 34.5 Å². The van der Waals surface area contributed by atoms with Crippen molar-refractivity contribution >= 4 is 23.9 Å². The molecule has 40 heavy (non-hydrogen) atoms. The first-order valence-corrected chi connectivity index (χ1v) is 14.7. The molecule has 9 nitrogen and oxygen atoms in total. The number of carbonyl (C=O) groups is 4. The fourth-order valence-corrected chi connectivity index (χ4v) is 8.35. The topological polar surface area (TPSA) is 125 Å². The molecule has 0 saturated heterocycles. The summed E-state index contributed by atoms with van der Waals surface area (Å²) in [5.74, 6) is -0.573. The van der Waals surface area contributed by atoms with Gasteiger partial charge in [-0.25, -0.2) is 9.59 Å². The normalized spacial score (nSPS) is 36.9. The van der Waals surface area contributed by atoms with Crippen molar-refractivity contribution in [1.82, 2.24) is 0 Å². The Kier molecular flexibility index (Phi) is 8.83. The van der Waals surface area contributed by atoms with Crippen LogP contribution < -0.4 is 0 Å². The summed E-state index contributed by atoms with van der Waals surface area (Å²) >= 11 is 0. The van der Waals surface area contributed by atoms with Crippen molar-refractivity contribution in [2.45, 2.75) is 91.3 Å². The van der Waals surface area contributed by atoms with Crippen LogP contribution in [0.25, 0.3) is 0 Å². The molecule has 0 amide bonds. The molecular formula is C31H44O9. The molecule has 0 aromatic heterocycles. The van der Waals surface area contributed by atoms with Crippen LogP contribution in [0.3, 0.4) is 0 Å². The Labute approximate surface area is 236 Å². The largest absolute Gasteiger partial charge is 0.509 e. The van der Waals surface area contributed by atoms with E-state index in [-0.39, 0.29) is 55.5 Å². The molecular weight excluding hydrogens is 516 g/mol. The van der Waals surface area contributed by atoms with Gasteiger partial charge in [-0.15, -0.1) is 0 Å². The number of hydrogen-bond acceptors (Lipinski definition) is 9. The fraction of sp³-hybridized carbons (Fsp3) is 0.742. The van der Waals surface area contributed by atoms with E-state index in [1.807, 2.05) is 19.9 Å². The molecule has 2 unspecified atom stereocenters. The summed E-state index contributed by atoms with van der Waals surface area (Å²) in [5, 5.41) is 11.7. The monoisotopic (exact) mass is 560 g/mol. The Bertz CT molecular complexity index is 1080. The lowest BCUT2D eigenvalue weighted by molar-refractivity contribution is -0.184. The number of carbonyl (C=O) groups excluding carboxylic acids is 4. The molecule has 222 valence electrons. The van der Waals surface area contributed by atoms with Crippen LogP contribution in [0.2, 0.25) is 0 Å². The molecule has 8 atom stereocenters. The third-order valence-electron chi connectivity index (χ3n) is 10.2. The molecule has 1 N–H and O–H groups in total. The maximum absolute atomic E-state index is 13.9. The SMILES string of the molecule is CCCC(C)COC(=O)O[C@]1(C(=O)COC(=O)OCC)CC[C@H]2[C@@H]3CCC4=CC(=O)C=C[C@]4(C)[C@H]3C(O)C[C@@]21C. The van der Waals surface area contributed by atoms with E-state index in [1.54, 1.807) is 19.1 Å². The van der Waals surface area contributed by atoms with Crippen molar-refractivity contribution in [2.24, 2.45) is 34.5 Å². The lowest BCUT2D eigenvalue weighted by Gasteiger charge is -2.59. The summed E-state index contributed by atoms with van der Waals surface area (Å²) in [6.45, 7) is 9.31. The summed E-state index contributed by atoms with van der Waals surface area (Å²) in [6.07, 6.45) is 6.88. The Morgan fingerprint density at radius 2 is 1.85 bits per heavy atom. The van der Waals surface area contributed by atoms with Crippen LogP contribution in [0.4, 0.5) is 9.59 Å². The summed E-state index contributed by atoms with van der Waals surface area (Å²) in [4.78, 5) is 51.0. The quantitative estimate of drug-likeness (QED) is 0.372. The summed E-state index contributed by atoms with van der Waals surface area (Å²) in [6, 6.07) is 0. The first kappa shape index (κ1) is 30.3. The summed E-state index contributed by atoms with van der Waals surface area (Å²) in [7, 11) is 0. The van der Waals surface area contributed by atoms with Gasteiger partial charge in [0.05, 0.1) is 19.3 Å². The maximum atomic E-state index is 13.9. The summed E-state index contributed by atoms with van der Waals surface area (Å²) < 4.78 is 21.4. The van der Waals surface area contributed by atoms with Gasteiger partial charge >= 0.3 is 12.3 Å². The molecule has 0 bridgehead atoms. The number of fused-ring (bicyclic) bond motifs is 5. The highest BCUT2D eigenvalue weighted by Crippen LogP contribution is 2.68. The van der Waals surface area contributed by atoms with Crippen molar-refractivity contribution in [1.29, 1.82) is 0 Å². The van der Waals surface area contributed by atoms with E-state index in [2.05, 4.69) is 13.8 Å². The Hall–Kier alpha value is -2.68. The second-order valence-electron chi connectivity index (χ2n) is 12.5. The molecule has 0 spiro atoms. The van der Waals surface area contributed by atoms with Crippen LogP contribution in [-0.2, 0) is 28.5 Å². The van der Waals surface area contributed by atoms with Gasteiger partial charge in [0.15, 0.2) is 18.0 Å². The number of aliphatic hydroxyl groups is 1. The number of aliphatic hydroxyl groups excluding tert-OH is 1. The van der Waals surface area contributed by atoms with Gasteiger partial charge in [0.2, 0.25) is 5.78 Å². The van der Waals surface area contributed by atoms with Crippen molar-refractivity contribution in [3.8, 4) is 0 Å². The average Bonchev–Trinajstić information content (AvgIpc) is 3.18. The second-order valence-corrected chi connectivity index (χ2v) is 12.5. The zero-order chi connectivity index (χ0) is 29.3. The molecule has 4 aliphatic carbocycles. The predicted octanol–water partition coefficient (Wildman–Crippen LogP) is 5.34. The van der Waals surface area contributed by atoms with Crippen molar-refractivity contribution < 1.29 is 43.2 Å². The van der Waals surface area contributed by atoms with E-state index in [0.29, 0.717) is 6.42 Å². The Morgan fingerprint density at radius 1 is 1.10 bits per heavy atom. The highest BCUT2D eigenvalue weighted by molar-refractivity contribution is 6.01. The second kappa shape index (κ2) is 11.7. The fourth-order valence-electron chi connectivity index (χ4n) is 8.35. The number of ether oxygens (including phenoxy) is 4. The van der Waals surface area contributed by atoms with E-state index < -0.39 is 47.2 Å².